The molecule has 3 aromatic rings. The predicted molar refractivity (Wildman–Crippen MR) is 102 cm³/mol. The molecule has 0 spiro atoms. The van der Waals surface area contributed by atoms with Gasteiger partial charge in [0, 0.05) is 17.2 Å². The van der Waals surface area contributed by atoms with Crippen LogP contribution in [0.1, 0.15) is 26.3 Å². The Balaban J connectivity index is 1.67. The zero-order chi connectivity index (χ0) is 20.8. The molecule has 1 amide bonds. The van der Waals surface area contributed by atoms with E-state index in [1.54, 1.807) is 48.5 Å². The van der Waals surface area contributed by atoms with Gasteiger partial charge in [0.1, 0.15) is 11.6 Å². The second-order valence-electron chi connectivity index (χ2n) is 6.02. The first kappa shape index (κ1) is 19.9. The summed E-state index contributed by atoms with van der Waals surface area (Å²) in [6.07, 6.45) is 0. The molecule has 0 aliphatic heterocycles. The van der Waals surface area contributed by atoms with E-state index in [1.807, 2.05) is 0 Å². The fourth-order valence-corrected chi connectivity index (χ4v) is 2.61. The summed E-state index contributed by atoms with van der Waals surface area (Å²) >= 11 is 0. The lowest BCUT2D eigenvalue weighted by Crippen LogP contribution is -2.22. The fraction of sp³-hybridized carbons (Fsp3) is 0.0455. The summed E-state index contributed by atoms with van der Waals surface area (Å²) in [4.78, 5) is 36.7. The highest BCUT2D eigenvalue weighted by molar-refractivity contribution is 6.13. The van der Waals surface area contributed by atoms with Gasteiger partial charge in [0.25, 0.3) is 5.91 Å². The number of ether oxygens (including phenoxy) is 1. The molecule has 0 saturated heterocycles. The number of esters is 1. The van der Waals surface area contributed by atoms with Gasteiger partial charge in [0.15, 0.2) is 12.4 Å². The molecule has 7 heteroatoms. The minimum absolute atomic E-state index is 0.249. The normalized spacial score (nSPS) is 10.3. The fourth-order valence-electron chi connectivity index (χ4n) is 2.61. The number of carbonyl (C=O) groups excluding carboxylic acids is 3. The summed E-state index contributed by atoms with van der Waals surface area (Å²) < 4.78 is 31.1. The summed E-state index contributed by atoms with van der Waals surface area (Å²) in [6, 6.07) is 17.2. The van der Waals surface area contributed by atoms with Crippen LogP contribution in [0.2, 0.25) is 0 Å². The van der Waals surface area contributed by atoms with Gasteiger partial charge in [-0.15, -0.1) is 0 Å². The quantitative estimate of drug-likeness (QED) is 0.506. The highest BCUT2D eigenvalue weighted by atomic mass is 19.1. The molecule has 0 saturated carbocycles. The Hall–Kier alpha value is -3.87. The Morgan fingerprint density at radius 2 is 1.41 bits per heavy atom. The van der Waals surface area contributed by atoms with Crippen LogP contribution in [0.25, 0.3) is 0 Å². The number of hydrogen-bond donors (Lipinski definition) is 1. The van der Waals surface area contributed by atoms with E-state index in [-0.39, 0.29) is 22.6 Å². The highest BCUT2D eigenvalue weighted by Crippen LogP contribution is 2.19. The molecule has 0 atom stereocenters. The number of nitrogens with one attached hydrogen (secondary N) is 1. The van der Waals surface area contributed by atoms with E-state index in [0.717, 1.165) is 12.1 Å². The summed E-state index contributed by atoms with van der Waals surface area (Å²) in [6.45, 7) is -0.690. The third-order valence-electron chi connectivity index (χ3n) is 3.91. The van der Waals surface area contributed by atoms with E-state index in [1.165, 1.54) is 6.07 Å². The van der Waals surface area contributed by atoms with Crippen LogP contribution in [0.4, 0.5) is 14.5 Å². The van der Waals surface area contributed by atoms with Gasteiger partial charge in [-0.25, -0.2) is 13.6 Å². The number of amides is 1. The molecule has 0 aliphatic carbocycles. The van der Waals surface area contributed by atoms with Gasteiger partial charge in [-0.2, -0.15) is 0 Å². The molecule has 0 heterocycles. The summed E-state index contributed by atoms with van der Waals surface area (Å²) in [5, 5.41) is 2.51. The van der Waals surface area contributed by atoms with E-state index in [9.17, 15) is 23.2 Å². The summed E-state index contributed by atoms with van der Waals surface area (Å²) in [7, 11) is 0. The SMILES string of the molecule is O=C(COC(=O)c1cc(F)cc(F)c1)Nc1ccccc1C(=O)c1ccccc1. The maximum atomic E-state index is 13.2. The summed E-state index contributed by atoms with van der Waals surface area (Å²) in [5.74, 6) is -3.91. The zero-order valence-electron chi connectivity index (χ0n) is 15.0. The second kappa shape index (κ2) is 8.88. The van der Waals surface area contributed by atoms with Gasteiger partial charge in [0.05, 0.1) is 11.3 Å². The Labute approximate surface area is 164 Å². The van der Waals surface area contributed by atoms with Crippen molar-refractivity contribution in [3.8, 4) is 0 Å². The van der Waals surface area contributed by atoms with E-state index in [2.05, 4.69) is 5.32 Å². The van der Waals surface area contributed by atoms with Crippen molar-refractivity contribution in [3.63, 3.8) is 0 Å². The average Bonchev–Trinajstić information content (AvgIpc) is 2.72. The predicted octanol–water partition coefficient (Wildman–Crippen LogP) is 3.99. The molecule has 3 aromatic carbocycles. The summed E-state index contributed by atoms with van der Waals surface area (Å²) in [5.41, 5.74) is 0.619. The van der Waals surface area contributed by atoms with Crippen LogP contribution in [0.3, 0.4) is 0 Å². The van der Waals surface area contributed by atoms with Gasteiger partial charge >= 0.3 is 5.97 Å². The van der Waals surface area contributed by atoms with Crippen molar-refractivity contribution < 1.29 is 27.9 Å². The van der Waals surface area contributed by atoms with E-state index >= 15 is 0 Å². The van der Waals surface area contributed by atoms with Crippen molar-refractivity contribution in [2.75, 3.05) is 11.9 Å². The average molecular weight is 395 g/mol. The number of ketones is 1. The Bertz CT molecular complexity index is 1050. The first-order valence-corrected chi connectivity index (χ1v) is 8.56. The minimum atomic E-state index is -1.05. The van der Waals surface area contributed by atoms with Crippen LogP contribution in [0, 0.1) is 11.6 Å². The van der Waals surface area contributed by atoms with Gasteiger partial charge in [-0.1, -0.05) is 42.5 Å². The monoisotopic (exact) mass is 395 g/mol. The smallest absolute Gasteiger partial charge is 0.338 e. The van der Waals surface area contributed by atoms with Crippen LogP contribution >= 0.6 is 0 Å². The standard InChI is InChI=1S/C22H15F2NO4/c23-16-10-15(11-17(24)12-16)22(28)29-13-20(26)25-19-9-5-4-8-18(19)21(27)14-6-2-1-3-7-14/h1-12H,13H2,(H,25,26). The van der Waals surface area contributed by atoms with Crippen LogP contribution in [-0.4, -0.2) is 24.3 Å². The van der Waals surface area contributed by atoms with Gasteiger partial charge < -0.3 is 10.1 Å². The number of halogens is 2. The molecule has 0 aromatic heterocycles. The lowest BCUT2D eigenvalue weighted by Gasteiger charge is -2.11. The number of rotatable bonds is 6. The van der Waals surface area contributed by atoms with Crippen LogP contribution in [-0.2, 0) is 9.53 Å². The second-order valence-corrected chi connectivity index (χ2v) is 6.02. The number of para-hydroxylation sites is 1. The van der Waals surface area contributed by atoms with Crippen molar-refractivity contribution in [1.29, 1.82) is 0 Å². The molecule has 0 fully saturated rings. The zero-order valence-corrected chi connectivity index (χ0v) is 15.0. The molecule has 5 nitrogen and oxygen atoms in total. The van der Waals surface area contributed by atoms with Crippen LogP contribution in [0.15, 0.2) is 72.8 Å². The van der Waals surface area contributed by atoms with Crippen molar-refractivity contribution in [1.82, 2.24) is 0 Å². The third kappa shape index (κ3) is 5.10. The van der Waals surface area contributed by atoms with Gasteiger partial charge in [0.2, 0.25) is 0 Å². The van der Waals surface area contributed by atoms with Gasteiger partial charge in [-0.3, -0.25) is 9.59 Å². The molecular weight excluding hydrogens is 380 g/mol. The van der Waals surface area contributed by atoms with Crippen molar-refractivity contribution in [2.24, 2.45) is 0 Å². The van der Waals surface area contributed by atoms with Gasteiger partial charge in [-0.05, 0) is 24.3 Å². The molecule has 0 aliphatic rings. The molecule has 0 bridgehead atoms. The van der Waals surface area contributed by atoms with Crippen molar-refractivity contribution in [2.45, 2.75) is 0 Å². The first-order valence-electron chi connectivity index (χ1n) is 8.56. The third-order valence-corrected chi connectivity index (χ3v) is 3.91. The molecule has 3 rings (SSSR count). The Morgan fingerprint density at radius 1 is 0.793 bits per heavy atom. The lowest BCUT2D eigenvalue weighted by molar-refractivity contribution is -0.119. The number of anilines is 1. The lowest BCUT2D eigenvalue weighted by atomic mass is 10.0. The number of carbonyl (C=O) groups is 3. The van der Waals surface area contributed by atoms with E-state index < -0.39 is 30.1 Å². The Kier molecular flexibility index (Phi) is 6.09. The van der Waals surface area contributed by atoms with Crippen molar-refractivity contribution >= 4 is 23.3 Å². The first-order chi connectivity index (χ1) is 13.9. The molecule has 1 N–H and O–H groups in total. The molecule has 0 radical (unpaired) electrons. The maximum Gasteiger partial charge on any atom is 0.338 e. The highest BCUT2D eigenvalue weighted by Gasteiger charge is 2.16. The van der Waals surface area contributed by atoms with E-state index in [0.29, 0.717) is 11.6 Å². The maximum absolute atomic E-state index is 13.2. The molecular formula is C22H15F2NO4. The van der Waals surface area contributed by atoms with Crippen molar-refractivity contribution in [3.05, 3.63) is 101 Å². The van der Waals surface area contributed by atoms with E-state index in [4.69, 9.17) is 4.74 Å². The minimum Gasteiger partial charge on any atom is -0.452 e. The topological polar surface area (TPSA) is 72.5 Å². The number of hydrogen-bond acceptors (Lipinski definition) is 4. The Morgan fingerprint density at radius 3 is 2.10 bits per heavy atom. The largest absolute Gasteiger partial charge is 0.452 e. The van der Waals surface area contributed by atoms with Crippen LogP contribution in [0.5, 0.6) is 0 Å². The molecule has 146 valence electrons. The molecule has 29 heavy (non-hydrogen) atoms. The van der Waals surface area contributed by atoms with Crippen LogP contribution < -0.4 is 5.32 Å². The molecule has 0 unspecified atom stereocenters. The number of benzene rings is 3.